The molecule has 0 unspecified atom stereocenters. The molecule has 1 N–H and O–H groups in total. The third-order valence-corrected chi connectivity index (χ3v) is 5.46. The lowest BCUT2D eigenvalue weighted by Gasteiger charge is -2.16. The van der Waals surface area contributed by atoms with E-state index in [1.54, 1.807) is 23.5 Å². The minimum atomic E-state index is -0.287. The SMILES string of the molecule is O=C(NCCn1nc(-c2cccs2)ccc1=O)c1cc(N2CCCC2)ncn1. The Morgan fingerprint density at radius 2 is 2.04 bits per heavy atom. The number of amides is 1. The molecule has 1 aliphatic heterocycles. The van der Waals surface area contributed by atoms with Crippen LogP contribution in [0.1, 0.15) is 23.3 Å². The second-order valence-corrected chi connectivity index (χ2v) is 7.42. The monoisotopic (exact) mass is 396 g/mol. The lowest BCUT2D eigenvalue weighted by molar-refractivity contribution is 0.0946. The first-order valence-electron chi connectivity index (χ1n) is 9.18. The van der Waals surface area contributed by atoms with Gasteiger partial charge in [0.15, 0.2) is 0 Å². The number of hydrogen-bond donors (Lipinski definition) is 1. The van der Waals surface area contributed by atoms with Crippen molar-refractivity contribution >= 4 is 23.1 Å². The standard InChI is InChI=1S/C19H20N6O2S/c26-18-6-5-14(16-4-3-11-28-16)23-25(18)10-7-20-19(27)15-12-17(22-13-21-15)24-8-1-2-9-24/h3-6,11-13H,1-2,7-10H2,(H,20,27). The van der Waals surface area contributed by atoms with E-state index < -0.39 is 0 Å². The van der Waals surface area contributed by atoms with Crippen LogP contribution >= 0.6 is 11.3 Å². The van der Waals surface area contributed by atoms with Crippen LogP contribution in [-0.4, -0.2) is 45.3 Å². The van der Waals surface area contributed by atoms with Crippen LogP contribution in [-0.2, 0) is 6.54 Å². The normalized spacial score (nSPS) is 13.6. The van der Waals surface area contributed by atoms with Crippen LogP contribution < -0.4 is 15.8 Å². The van der Waals surface area contributed by atoms with Gasteiger partial charge in [0.05, 0.1) is 11.4 Å². The molecule has 3 aromatic heterocycles. The molecule has 0 saturated carbocycles. The van der Waals surface area contributed by atoms with Crippen molar-refractivity contribution < 1.29 is 4.79 Å². The van der Waals surface area contributed by atoms with Gasteiger partial charge in [-0.25, -0.2) is 14.6 Å². The molecule has 4 heterocycles. The largest absolute Gasteiger partial charge is 0.357 e. The minimum Gasteiger partial charge on any atom is -0.357 e. The number of hydrogen-bond acceptors (Lipinski definition) is 7. The molecule has 9 heteroatoms. The van der Waals surface area contributed by atoms with E-state index >= 15 is 0 Å². The van der Waals surface area contributed by atoms with Gasteiger partial charge in [-0.15, -0.1) is 11.3 Å². The van der Waals surface area contributed by atoms with Gasteiger partial charge in [-0.2, -0.15) is 5.10 Å². The third kappa shape index (κ3) is 4.09. The molecule has 8 nitrogen and oxygen atoms in total. The van der Waals surface area contributed by atoms with E-state index in [0.29, 0.717) is 5.69 Å². The zero-order valence-corrected chi connectivity index (χ0v) is 16.1. The van der Waals surface area contributed by atoms with E-state index in [9.17, 15) is 9.59 Å². The number of thiophene rings is 1. The van der Waals surface area contributed by atoms with E-state index in [2.05, 4.69) is 25.3 Å². The molecule has 0 bridgehead atoms. The molecule has 1 aliphatic rings. The topological polar surface area (TPSA) is 93.0 Å². The molecular formula is C19H20N6O2S. The zero-order chi connectivity index (χ0) is 19.3. The molecule has 4 rings (SSSR count). The summed E-state index contributed by atoms with van der Waals surface area (Å²) in [6, 6.07) is 8.81. The van der Waals surface area contributed by atoms with Crippen LogP contribution in [0.5, 0.6) is 0 Å². The molecule has 0 aromatic carbocycles. The fraction of sp³-hybridized carbons (Fsp3) is 0.316. The highest BCUT2D eigenvalue weighted by molar-refractivity contribution is 7.13. The summed E-state index contributed by atoms with van der Waals surface area (Å²) in [5, 5.41) is 9.15. The van der Waals surface area contributed by atoms with Gasteiger partial charge in [0.1, 0.15) is 23.5 Å². The molecule has 0 spiro atoms. The highest BCUT2D eigenvalue weighted by Gasteiger charge is 2.16. The Kier molecular flexibility index (Phi) is 5.43. The van der Waals surface area contributed by atoms with Gasteiger partial charge in [0.25, 0.3) is 11.5 Å². The van der Waals surface area contributed by atoms with E-state index in [0.717, 1.165) is 42.3 Å². The lowest BCUT2D eigenvalue weighted by Crippen LogP contribution is -2.32. The van der Waals surface area contributed by atoms with Crippen LogP contribution in [0, 0.1) is 0 Å². The summed E-state index contributed by atoms with van der Waals surface area (Å²) in [4.78, 5) is 35.9. The first-order chi connectivity index (χ1) is 13.7. The summed E-state index contributed by atoms with van der Waals surface area (Å²) in [6.07, 6.45) is 3.69. The van der Waals surface area contributed by atoms with Crippen molar-refractivity contribution in [2.24, 2.45) is 0 Å². The van der Waals surface area contributed by atoms with E-state index in [1.165, 1.54) is 17.1 Å². The van der Waals surface area contributed by atoms with Crippen LogP contribution in [0.3, 0.4) is 0 Å². The average molecular weight is 396 g/mol. The predicted molar refractivity (Wildman–Crippen MR) is 108 cm³/mol. The first kappa shape index (κ1) is 18.3. The Morgan fingerprint density at radius 1 is 1.18 bits per heavy atom. The smallest absolute Gasteiger partial charge is 0.270 e. The average Bonchev–Trinajstić information content (AvgIpc) is 3.44. The van der Waals surface area contributed by atoms with Gasteiger partial charge < -0.3 is 10.2 Å². The predicted octanol–water partition coefficient (Wildman–Crippen LogP) is 1.79. The van der Waals surface area contributed by atoms with Crippen molar-refractivity contribution in [2.45, 2.75) is 19.4 Å². The summed E-state index contributed by atoms with van der Waals surface area (Å²) < 4.78 is 1.37. The number of nitrogens with one attached hydrogen (secondary N) is 1. The molecule has 28 heavy (non-hydrogen) atoms. The maximum absolute atomic E-state index is 12.4. The Labute approximate surface area is 165 Å². The van der Waals surface area contributed by atoms with Gasteiger partial charge in [-0.3, -0.25) is 9.59 Å². The van der Waals surface area contributed by atoms with Gasteiger partial charge in [0.2, 0.25) is 0 Å². The number of rotatable bonds is 6. The molecule has 144 valence electrons. The maximum Gasteiger partial charge on any atom is 0.270 e. The summed E-state index contributed by atoms with van der Waals surface area (Å²) in [6.45, 7) is 2.47. The quantitative estimate of drug-likeness (QED) is 0.683. The van der Waals surface area contributed by atoms with Crippen LogP contribution in [0.2, 0.25) is 0 Å². The minimum absolute atomic E-state index is 0.201. The summed E-state index contributed by atoms with van der Waals surface area (Å²) >= 11 is 1.56. The van der Waals surface area contributed by atoms with Crippen LogP contribution in [0.25, 0.3) is 10.6 Å². The zero-order valence-electron chi connectivity index (χ0n) is 15.2. The fourth-order valence-electron chi connectivity index (χ4n) is 3.12. The van der Waals surface area contributed by atoms with Crippen molar-refractivity contribution in [3.05, 3.63) is 58.1 Å². The Bertz CT molecular complexity index is 1010. The second-order valence-electron chi connectivity index (χ2n) is 6.47. The Hall–Kier alpha value is -3.07. The number of carbonyl (C=O) groups excluding carboxylic acids is 1. The van der Waals surface area contributed by atoms with Crippen molar-refractivity contribution in [1.29, 1.82) is 0 Å². The van der Waals surface area contributed by atoms with Crippen molar-refractivity contribution in [2.75, 3.05) is 24.5 Å². The maximum atomic E-state index is 12.4. The highest BCUT2D eigenvalue weighted by atomic mass is 32.1. The molecule has 1 saturated heterocycles. The number of aromatic nitrogens is 4. The molecule has 1 fully saturated rings. The number of nitrogens with zero attached hydrogens (tertiary/aromatic N) is 5. The molecule has 0 atom stereocenters. The highest BCUT2D eigenvalue weighted by Crippen LogP contribution is 2.21. The van der Waals surface area contributed by atoms with Gasteiger partial charge in [0, 0.05) is 31.8 Å². The Balaban J connectivity index is 1.39. The molecular weight excluding hydrogens is 376 g/mol. The Morgan fingerprint density at radius 3 is 2.82 bits per heavy atom. The number of carbonyl (C=O) groups is 1. The third-order valence-electron chi connectivity index (χ3n) is 4.56. The van der Waals surface area contributed by atoms with E-state index in [-0.39, 0.29) is 24.6 Å². The summed E-state index contributed by atoms with van der Waals surface area (Å²) in [5.74, 6) is 0.490. The molecule has 0 aliphatic carbocycles. The van der Waals surface area contributed by atoms with Gasteiger partial charge in [-0.05, 0) is 30.4 Å². The lowest BCUT2D eigenvalue weighted by atomic mass is 10.3. The second kappa shape index (κ2) is 8.30. The molecule has 3 aromatic rings. The van der Waals surface area contributed by atoms with E-state index in [4.69, 9.17) is 0 Å². The van der Waals surface area contributed by atoms with Gasteiger partial charge >= 0.3 is 0 Å². The summed E-state index contributed by atoms with van der Waals surface area (Å²) in [7, 11) is 0. The fourth-order valence-corrected chi connectivity index (χ4v) is 3.81. The molecule has 1 amide bonds. The van der Waals surface area contributed by atoms with Crippen LogP contribution in [0.4, 0.5) is 5.82 Å². The molecule has 0 radical (unpaired) electrons. The van der Waals surface area contributed by atoms with Crippen molar-refractivity contribution in [3.63, 3.8) is 0 Å². The van der Waals surface area contributed by atoms with Crippen LogP contribution in [0.15, 0.2) is 46.8 Å². The number of anilines is 1. The van der Waals surface area contributed by atoms with Crippen molar-refractivity contribution in [1.82, 2.24) is 25.1 Å². The van der Waals surface area contributed by atoms with Crippen molar-refractivity contribution in [3.8, 4) is 10.6 Å². The summed E-state index contributed by atoms with van der Waals surface area (Å²) in [5.41, 5.74) is 0.865. The van der Waals surface area contributed by atoms with Gasteiger partial charge in [-0.1, -0.05) is 6.07 Å². The first-order valence-corrected chi connectivity index (χ1v) is 10.1. The van der Waals surface area contributed by atoms with E-state index in [1.807, 2.05) is 17.5 Å².